The van der Waals surface area contributed by atoms with Crippen molar-refractivity contribution in [2.24, 2.45) is 0 Å². The molecule has 0 radical (unpaired) electrons. The zero-order valence-electron chi connectivity index (χ0n) is 16.0. The molecule has 3 N–H and O–H groups in total. The summed E-state index contributed by atoms with van der Waals surface area (Å²) >= 11 is 7.31. The lowest BCUT2D eigenvalue weighted by molar-refractivity contribution is 0.419. The van der Waals surface area contributed by atoms with E-state index in [1.54, 1.807) is 35.0 Å². The molecule has 31 heavy (non-hydrogen) atoms. The maximum atomic E-state index is 11.6. The van der Waals surface area contributed by atoms with Gasteiger partial charge in [-0.3, -0.25) is 4.79 Å². The summed E-state index contributed by atoms with van der Waals surface area (Å²) in [5, 5.41) is 28.8. The van der Waals surface area contributed by atoms with Crippen molar-refractivity contribution in [2.45, 2.75) is 17.5 Å². The Kier molecular flexibility index (Phi) is 6.15. The SMILES string of the molecule is O=c1cc(CSc2nnc(-c3ccc(Cl)cc3)n2NCc2cccc(O)c2)occ1O. The molecule has 0 bridgehead atoms. The fourth-order valence-electron chi connectivity index (χ4n) is 2.78. The lowest BCUT2D eigenvalue weighted by Crippen LogP contribution is -2.17. The molecule has 8 nitrogen and oxygen atoms in total. The molecule has 0 amide bonds. The zero-order valence-corrected chi connectivity index (χ0v) is 17.6. The number of aromatic nitrogens is 3. The van der Waals surface area contributed by atoms with Crippen molar-refractivity contribution in [2.75, 3.05) is 5.43 Å². The van der Waals surface area contributed by atoms with Crippen molar-refractivity contribution >= 4 is 23.4 Å². The molecule has 0 fully saturated rings. The van der Waals surface area contributed by atoms with E-state index in [9.17, 15) is 15.0 Å². The van der Waals surface area contributed by atoms with Gasteiger partial charge in [0, 0.05) is 16.7 Å². The zero-order chi connectivity index (χ0) is 21.8. The molecule has 0 saturated heterocycles. The lowest BCUT2D eigenvalue weighted by Gasteiger charge is -2.13. The fourth-order valence-corrected chi connectivity index (χ4v) is 3.71. The van der Waals surface area contributed by atoms with E-state index in [0.29, 0.717) is 34.1 Å². The van der Waals surface area contributed by atoms with Gasteiger partial charge in [-0.2, -0.15) is 0 Å². The van der Waals surface area contributed by atoms with Crippen LogP contribution in [0.1, 0.15) is 11.3 Å². The van der Waals surface area contributed by atoms with Gasteiger partial charge in [0.1, 0.15) is 17.8 Å². The number of nitrogens with zero attached hydrogens (tertiary/aromatic N) is 3. The van der Waals surface area contributed by atoms with Crippen LogP contribution in [0, 0.1) is 0 Å². The van der Waals surface area contributed by atoms with Crippen molar-refractivity contribution in [1.29, 1.82) is 0 Å². The number of phenolic OH excluding ortho intramolecular Hbond substituents is 1. The smallest absolute Gasteiger partial charge is 0.226 e. The van der Waals surface area contributed by atoms with Crippen LogP contribution in [0.4, 0.5) is 0 Å². The standard InChI is InChI=1S/C21H17ClN4O4S/c22-15-6-4-14(5-7-15)20-24-25-21(31-12-17-9-18(28)19(29)11-30-17)26(20)23-10-13-2-1-3-16(27)8-13/h1-9,11,23,27,29H,10,12H2. The first kappa shape index (κ1) is 20.8. The molecule has 4 rings (SSSR count). The van der Waals surface area contributed by atoms with Crippen LogP contribution in [0.3, 0.4) is 0 Å². The Labute approximate surface area is 186 Å². The summed E-state index contributed by atoms with van der Waals surface area (Å²) in [7, 11) is 0. The Bertz CT molecular complexity index is 1260. The van der Waals surface area contributed by atoms with Crippen LogP contribution in [0.2, 0.25) is 5.02 Å². The highest BCUT2D eigenvalue weighted by Gasteiger charge is 2.16. The second kappa shape index (κ2) is 9.15. The Morgan fingerprint density at radius 1 is 1.10 bits per heavy atom. The highest BCUT2D eigenvalue weighted by Crippen LogP contribution is 2.26. The van der Waals surface area contributed by atoms with E-state index >= 15 is 0 Å². The molecule has 0 unspecified atom stereocenters. The normalized spacial score (nSPS) is 10.9. The second-order valence-corrected chi connectivity index (χ2v) is 7.92. The molecule has 158 valence electrons. The fraction of sp³-hybridized carbons (Fsp3) is 0.0952. The number of phenols is 1. The van der Waals surface area contributed by atoms with Gasteiger partial charge in [-0.05, 0) is 42.0 Å². The summed E-state index contributed by atoms with van der Waals surface area (Å²) in [6, 6.07) is 15.4. The minimum atomic E-state index is -0.507. The third kappa shape index (κ3) is 5.01. The van der Waals surface area contributed by atoms with Crippen LogP contribution in [0.25, 0.3) is 11.4 Å². The molecule has 0 aliphatic heterocycles. The van der Waals surface area contributed by atoms with Crippen LogP contribution in [0.5, 0.6) is 11.5 Å². The minimum Gasteiger partial charge on any atom is -0.508 e. The van der Waals surface area contributed by atoms with Gasteiger partial charge in [-0.1, -0.05) is 35.5 Å². The monoisotopic (exact) mass is 456 g/mol. The predicted octanol–water partition coefficient (Wildman–Crippen LogP) is 4.00. The maximum Gasteiger partial charge on any atom is 0.226 e. The number of thioether (sulfide) groups is 1. The summed E-state index contributed by atoms with van der Waals surface area (Å²) < 4.78 is 6.99. The van der Waals surface area contributed by atoms with Gasteiger partial charge >= 0.3 is 0 Å². The number of rotatable bonds is 7. The molecule has 4 aromatic rings. The van der Waals surface area contributed by atoms with E-state index in [4.69, 9.17) is 16.0 Å². The van der Waals surface area contributed by atoms with Crippen molar-refractivity contribution in [1.82, 2.24) is 14.9 Å². The van der Waals surface area contributed by atoms with E-state index in [-0.39, 0.29) is 5.75 Å². The van der Waals surface area contributed by atoms with Crippen LogP contribution in [-0.4, -0.2) is 25.1 Å². The van der Waals surface area contributed by atoms with Crippen molar-refractivity contribution in [3.63, 3.8) is 0 Å². The van der Waals surface area contributed by atoms with Crippen LogP contribution in [-0.2, 0) is 12.3 Å². The maximum absolute atomic E-state index is 11.6. The van der Waals surface area contributed by atoms with E-state index in [2.05, 4.69) is 15.6 Å². The average Bonchev–Trinajstić information content (AvgIpc) is 3.16. The van der Waals surface area contributed by atoms with Crippen LogP contribution >= 0.6 is 23.4 Å². The molecule has 0 aliphatic rings. The van der Waals surface area contributed by atoms with E-state index in [1.807, 2.05) is 18.2 Å². The van der Waals surface area contributed by atoms with Gasteiger partial charge < -0.3 is 20.1 Å². The highest BCUT2D eigenvalue weighted by atomic mass is 35.5. The summed E-state index contributed by atoms with van der Waals surface area (Å²) in [6.07, 6.45) is 1.02. The molecule has 0 spiro atoms. The molecular formula is C21H17ClN4O4S. The number of benzene rings is 2. The third-order valence-corrected chi connectivity index (χ3v) is 5.50. The van der Waals surface area contributed by atoms with Gasteiger partial charge in [-0.15, -0.1) is 10.2 Å². The van der Waals surface area contributed by atoms with E-state index < -0.39 is 11.2 Å². The Morgan fingerprint density at radius 2 is 1.90 bits per heavy atom. The Balaban J connectivity index is 1.61. The van der Waals surface area contributed by atoms with Gasteiger partial charge in [0.15, 0.2) is 11.6 Å². The number of halogens is 1. The number of aromatic hydroxyl groups is 2. The van der Waals surface area contributed by atoms with E-state index in [0.717, 1.165) is 17.4 Å². The summed E-state index contributed by atoms with van der Waals surface area (Å²) in [5.74, 6) is 1.02. The molecule has 2 heterocycles. The van der Waals surface area contributed by atoms with Crippen LogP contribution in [0.15, 0.2) is 75.2 Å². The predicted molar refractivity (Wildman–Crippen MR) is 118 cm³/mol. The molecule has 2 aromatic carbocycles. The van der Waals surface area contributed by atoms with Crippen molar-refractivity contribution in [3.05, 3.63) is 87.4 Å². The quantitative estimate of drug-likeness (QED) is 0.357. The Hall–Kier alpha value is -3.43. The van der Waals surface area contributed by atoms with Gasteiger partial charge in [0.05, 0.1) is 12.3 Å². The van der Waals surface area contributed by atoms with Crippen molar-refractivity contribution in [3.8, 4) is 22.9 Å². The number of hydrogen-bond acceptors (Lipinski definition) is 8. The summed E-state index contributed by atoms with van der Waals surface area (Å²) in [4.78, 5) is 11.6. The van der Waals surface area contributed by atoms with Gasteiger partial charge in [-0.25, -0.2) is 4.68 Å². The first-order chi connectivity index (χ1) is 15.0. The number of hydrogen-bond donors (Lipinski definition) is 3. The minimum absolute atomic E-state index is 0.179. The molecule has 2 aromatic heterocycles. The van der Waals surface area contributed by atoms with E-state index in [1.165, 1.54) is 17.8 Å². The Morgan fingerprint density at radius 3 is 2.65 bits per heavy atom. The third-order valence-electron chi connectivity index (χ3n) is 4.30. The molecule has 0 saturated carbocycles. The van der Waals surface area contributed by atoms with Gasteiger partial charge in [0.25, 0.3) is 0 Å². The lowest BCUT2D eigenvalue weighted by atomic mass is 10.2. The molecule has 0 atom stereocenters. The van der Waals surface area contributed by atoms with Crippen LogP contribution < -0.4 is 10.9 Å². The van der Waals surface area contributed by atoms with Crippen molar-refractivity contribution < 1.29 is 14.6 Å². The van der Waals surface area contributed by atoms with Gasteiger partial charge in [0.2, 0.25) is 10.6 Å². The molecular weight excluding hydrogens is 440 g/mol. The topological polar surface area (TPSA) is 113 Å². The average molecular weight is 457 g/mol. The first-order valence-corrected chi connectivity index (χ1v) is 10.5. The molecule has 10 heteroatoms. The largest absolute Gasteiger partial charge is 0.508 e. The highest BCUT2D eigenvalue weighted by molar-refractivity contribution is 7.98. The number of nitrogens with one attached hydrogen (secondary N) is 1. The second-order valence-electron chi connectivity index (χ2n) is 6.54. The molecule has 0 aliphatic carbocycles. The first-order valence-electron chi connectivity index (χ1n) is 9.16. The summed E-state index contributed by atoms with van der Waals surface area (Å²) in [6.45, 7) is 0.412. The summed E-state index contributed by atoms with van der Waals surface area (Å²) in [5.41, 5.74) is 4.44.